The highest BCUT2D eigenvalue weighted by molar-refractivity contribution is 5.89. The van der Waals surface area contributed by atoms with Gasteiger partial charge < -0.3 is 15.2 Å². The summed E-state index contributed by atoms with van der Waals surface area (Å²) in [5, 5.41) is 2.48. The van der Waals surface area contributed by atoms with Gasteiger partial charge in [-0.2, -0.15) is 13.2 Å². The van der Waals surface area contributed by atoms with E-state index in [4.69, 9.17) is 15.2 Å². The molecular formula is C17H17F3N2O3. The van der Waals surface area contributed by atoms with Crippen LogP contribution in [-0.4, -0.2) is 12.7 Å². The molecule has 0 unspecified atom stereocenters. The first kappa shape index (κ1) is 18.4. The number of benzene rings is 2. The van der Waals surface area contributed by atoms with E-state index in [1.807, 2.05) is 0 Å². The van der Waals surface area contributed by atoms with Gasteiger partial charge in [0.1, 0.15) is 12.4 Å². The van der Waals surface area contributed by atoms with Crippen LogP contribution < -0.4 is 15.8 Å². The van der Waals surface area contributed by atoms with Crippen molar-refractivity contribution in [1.82, 2.24) is 0 Å². The molecule has 134 valence electrons. The monoisotopic (exact) mass is 354 g/mol. The molecule has 2 rings (SSSR count). The molecule has 0 aliphatic heterocycles. The number of nitrogens with two attached hydrogens (primary N) is 1. The molecule has 0 aliphatic carbocycles. The Morgan fingerprint density at radius 1 is 1.16 bits per heavy atom. The number of carbonyl (C=O) groups excluding carboxylic acids is 1. The molecule has 5 nitrogen and oxygen atoms in total. The van der Waals surface area contributed by atoms with Crippen molar-refractivity contribution >= 4 is 17.5 Å². The molecule has 3 N–H and O–H groups in total. The number of nitrogen functional groups attached to an aromatic ring is 1. The summed E-state index contributed by atoms with van der Waals surface area (Å²) in [6, 6.07) is 9.34. The zero-order chi connectivity index (χ0) is 18.4. The van der Waals surface area contributed by atoms with Crippen molar-refractivity contribution in [2.24, 2.45) is 0 Å². The van der Waals surface area contributed by atoms with E-state index in [-0.39, 0.29) is 18.9 Å². The van der Waals surface area contributed by atoms with Gasteiger partial charge in [-0.3, -0.25) is 5.32 Å². The molecule has 0 saturated heterocycles. The number of alkyl halides is 3. The highest BCUT2D eigenvalue weighted by atomic mass is 19.4. The summed E-state index contributed by atoms with van der Waals surface area (Å²) in [5.41, 5.74) is 6.35. The second-order valence-electron chi connectivity index (χ2n) is 5.08. The van der Waals surface area contributed by atoms with Gasteiger partial charge in [0.25, 0.3) is 0 Å². The molecule has 0 aliphatic rings. The molecule has 2 aromatic rings. The third kappa shape index (κ3) is 5.30. The molecule has 0 heterocycles. The molecule has 8 heteroatoms. The summed E-state index contributed by atoms with van der Waals surface area (Å²) in [6.07, 6.45) is -4.98. The Balaban J connectivity index is 1.97. The fourth-order valence-electron chi connectivity index (χ4n) is 1.98. The van der Waals surface area contributed by atoms with E-state index >= 15 is 0 Å². The zero-order valence-corrected chi connectivity index (χ0v) is 13.4. The number of amides is 1. The van der Waals surface area contributed by atoms with Crippen LogP contribution in [0.15, 0.2) is 42.5 Å². The maximum absolute atomic E-state index is 12.5. The average Bonchev–Trinajstić information content (AvgIpc) is 2.55. The number of rotatable bonds is 5. The van der Waals surface area contributed by atoms with Gasteiger partial charge in [-0.1, -0.05) is 12.1 Å². The fourth-order valence-corrected chi connectivity index (χ4v) is 1.98. The van der Waals surface area contributed by atoms with E-state index in [1.54, 1.807) is 19.1 Å². The van der Waals surface area contributed by atoms with Crippen molar-refractivity contribution in [3.63, 3.8) is 0 Å². The number of hydrogen-bond acceptors (Lipinski definition) is 4. The normalized spacial score (nSPS) is 11.0. The highest BCUT2D eigenvalue weighted by Gasteiger charge is 2.29. The predicted octanol–water partition coefficient (Wildman–Crippen LogP) is 4.44. The lowest BCUT2D eigenvalue weighted by Crippen LogP contribution is -2.14. The van der Waals surface area contributed by atoms with Crippen molar-refractivity contribution in [3.8, 4) is 5.75 Å². The Bertz CT molecular complexity index is 731. The van der Waals surface area contributed by atoms with Crippen LogP contribution in [0.1, 0.15) is 18.1 Å². The van der Waals surface area contributed by atoms with Crippen LogP contribution in [0.5, 0.6) is 5.75 Å². The van der Waals surface area contributed by atoms with Gasteiger partial charge in [-0.15, -0.1) is 0 Å². The van der Waals surface area contributed by atoms with Crippen LogP contribution in [0.2, 0.25) is 0 Å². The van der Waals surface area contributed by atoms with E-state index in [0.717, 1.165) is 12.1 Å². The fraction of sp³-hybridized carbons (Fsp3) is 0.235. The first-order chi connectivity index (χ1) is 11.8. The number of hydrogen-bond donors (Lipinski definition) is 2. The third-order valence-corrected chi connectivity index (χ3v) is 3.22. The first-order valence-corrected chi connectivity index (χ1v) is 7.42. The summed E-state index contributed by atoms with van der Waals surface area (Å²) in [6.45, 7) is 2.00. The minimum Gasteiger partial charge on any atom is -0.489 e. The second kappa shape index (κ2) is 7.78. The Kier molecular flexibility index (Phi) is 5.74. The van der Waals surface area contributed by atoms with Crippen LogP contribution in [-0.2, 0) is 17.5 Å². The third-order valence-electron chi connectivity index (χ3n) is 3.22. The van der Waals surface area contributed by atoms with Crippen LogP contribution >= 0.6 is 0 Å². The summed E-state index contributed by atoms with van der Waals surface area (Å²) in [4.78, 5) is 11.4. The van der Waals surface area contributed by atoms with Gasteiger partial charge in [0.05, 0.1) is 23.5 Å². The Hall–Kier alpha value is -2.90. The Morgan fingerprint density at radius 3 is 2.40 bits per heavy atom. The van der Waals surface area contributed by atoms with Gasteiger partial charge in [0, 0.05) is 6.07 Å². The summed E-state index contributed by atoms with van der Waals surface area (Å²) >= 11 is 0. The average molecular weight is 354 g/mol. The molecule has 1 amide bonds. The van der Waals surface area contributed by atoms with Crippen molar-refractivity contribution < 1.29 is 27.4 Å². The van der Waals surface area contributed by atoms with Gasteiger partial charge in [0.2, 0.25) is 0 Å². The molecule has 0 radical (unpaired) electrons. The largest absolute Gasteiger partial charge is 0.489 e. The molecule has 0 atom stereocenters. The highest BCUT2D eigenvalue weighted by Crippen LogP contribution is 2.29. The topological polar surface area (TPSA) is 73.6 Å². The molecule has 0 aromatic heterocycles. The van der Waals surface area contributed by atoms with E-state index in [2.05, 4.69) is 5.32 Å². The quantitative estimate of drug-likeness (QED) is 0.779. The molecule has 25 heavy (non-hydrogen) atoms. The predicted molar refractivity (Wildman–Crippen MR) is 87.3 cm³/mol. The summed E-state index contributed by atoms with van der Waals surface area (Å²) < 4.78 is 47.8. The number of ether oxygens (including phenoxy) is 2. The van der Waals surface area contributed by atoms with Crippen molar-refractivity contribution in [3.05, 3.63) is 53.6 Å². The van der Waals surface area contributed by atoms with Crippen molar-refractivity contribution in [2.75, 3.05) is 17.7 Å². The summed E-state index contributed by atoms with van der Waals surface area (Å²) in [7, 11) is 0. The van der Waals surface area contributed by atoms with Crippen molar-refractivity contribution in [1.29, 1.82) is 0 Å². The lowest BCUT2D eigenvalue weighted by molar-refractivity contribution is -0.137. The van der Waals surface area contributed by atoms with Gasteiger partial charge in [-0.05, 0) is 36.8 Å². The lowest BCUT2D eigenvalue weighted by atomic mass is 10.1. The summed E-state index contributed by atoms with van der Waals surface area (Å²) in [5.74, 6) is 0.423. The number of carbonyl (C=O) groups is 1. The zero-order valence-electron chi connectivity index (χ0n) is 13.4. The van der Waals surface area contributed by atoms with Crippen LogP contribution in [0.25, 0.3) is 0 Å². The molecule has 2 aromatic carbocycles. The van der Waals surface area contributed by atoms with Gasteiger partial charge >= 0.3 is 12.3 Å². The van der Waals surface area contributed by atoms with E-state index in [0.29, 0.717) is 17.0 Å². The maximum atomic E-state index is 12.5. The van der Waals surface area contributed by atoms with Gasteiger partial charge in [0.15, 0.2) is 0 Å². The van der Waals surface area contributed by atoms with Crippen LogP contribution in [0.3, 0.4) is 0 Å². The molecule has 0 bridgehead atoms. The molecular weight excluding hydrogens is 337 g/mol. The maximum Gasteiger partial charge on any atom is 0.416 e. The standard InChI is InChI=1S/C17H17F3N2O3/c1-2-24-16(23)22-15-8-7-13(9-14(15)21)25-10-11-3-5-12(6-4-11)17(18,19)20/h3-9H,2,10,21H2,1H3,(H,22,23). The minimum atomic E-state index is -4.37. The second-order valence-corrected chi connectivity index (χ2v) is 5.08. The SMILES string of the molecule is CCOC(=O)Nc1ccc(OCc2ccc(C(F)(F)F)cc2)cc1N. The van der Waals surface area contributed by atoms with Crippen LogP contribution in [0.4, 0.5) is 29.3 Å². The first-order valence-electron chi connectivity index (χ1n) is 7.42. The lowest BCUT2D eigenvalue weighted by Gasteiger charge is -2.12. The Morgan fingerprint density at radius 2 is 1.84 bits per heavy atom. The minimum absolute atomic E-state index is 0.0855. The number of halogens is 3. The molecule has 0 saturated carbocycles. The van der Waals surface area contributed by atoms with Crippen molar-refractivity contribution in [2.45, 2.75) is 19.7 Å². The number of anilines is 2. The molecule has 0 spiro atoms. The van der Waals surface area contributed by atoms with Gasteiger partial charge in [-0.25, -0.2) is 4.79 Å². The number of nitrogens with one attached hydrogen (secondary N) is 1. The van der Waals surface area contributed by atoms with E-state index in [9.17, 15) is 18.0 Å². The van der Waals surface area contributed by atoms with Crippen LogP contribution in [0, 0.1) is 0 Å². The van der Waals surface area contributed by atoms with E-state index in [1.165, 1.54) is 18.2 Å². The van der Waals surface area contributed by atoms with E-state index < -0.39 is 17.8 Å². The smallest absolute Gasteiger partial charge is 0.416 e. The Labute approximate surface area is 142 Å². The molecule has 0 fully saturated rings.